The third-order valence-electron chi connectivity index (χ3n) is 4.27. The molecule has 0 saturated heterocycles. The largest absolute Gasteiger partial charge is 0.478 e. The number of aromatic nitrogens is 4. The summed E-state index contributed by atoms with van der Waals surface area (Å²) in [6.45, 7) is 6.18. The number of nitrogens with one attached hydrogen (secondary N) is 2. The summed E-state index contributed by atoms with van der Waals surface area (Å²) in [4.78, 5) is 52.4. The van der Waals surface area contributed by atoms with Gasteiger partial charge in [0.1, 0.15) is 0 Å². The van der Waals surface area contributed by atoms with Crippen LogP contribution >= 0.6 is 0 Å². The Labute approximate surface area is 172 Å². The van der Waals surface area contributed by atoms with Crippen LogP contribution in [0.2, 0.25) is 0 Å². The summed E-state index contributed by atoms with van der Waals surface area (Å²) in [6, 6.07) is 5.92. The van der Waals surface area contributed by atoms with Crippen LogP contribution in [-0.2, 0) is 11.3 Å². The first-order chi connectivity index (χ1) is 14.2. The second-order valence-electron chi connectivity index (χ2n) is 7.18. The third-order valence-corrected chi connectivity index (χ3v) is 4.27. The minimum absolute atomic E-state index is 0.0669. The highest BCUT2D eigenvalue weighted by Gasteiger charge is 2.16. The van der Waals surface area contributed by atoms with Crippen LogP contribution in [0.5, 0.6) is 0 Å². The maximum atomic E-state index is 12.4. The molecule has 2 aromatic heterocycles. The van der Waals surface area contributed by atoms with Gasteiger partial charge in [-0.1, -0.05) is 13.8 Å². The lowest BCUT2D eigenvalue weighted by molar-refractivity contribution is -0.116. The molecule has 0 radical (unpaired) electrons. The Morgan fingerprint density at radius 2 is 1.90 bits per heavy atom. The smallest absolute Gasteiger partial charge is 0.335 e. The first-order valence-corrected chi connectivity index (χ1v) is 9.36. The highest BCUT2D eigenvalue weighted by molar-refractivity contribution is 5.93. The first-order valence-electron chi connectivity index (χ1n) is 9.36. The van der Waals surface area contributed by atoms with E-state index in [1.54, 1.807) is 12.1 Å². The lowest BCUT2D eigenvalue weighted by atomic mass is 10.2. The number of nitrogens with zero attached hydrogens (tertiary/aromatic N) is 4. The summed E-state index contributed by atoms with van der Waals surface area (Å²) >= 11 is 0. The van der Waals surface area contributed by atoms with Gasteiger partial charge >= 0.3 is 5.97 Å². The van der Waals surface area contributed by atoms with Gasteiger partial charge in [0.25, 0.3) is 5.56 Å². The summed E-state index contributed by atoms with van der Waals surface area (Å²) in [6.07, 6.45) is 1.46. The zero-order valence-electron chi connectivity index (χ0n) is 16.8. The lowest BCUT2D eigenvalue weighted by Gasteiger charge is -2.21. The lowest BCUT2D eigenvalue weighted by Crippen LogP contribution is -2.28. The number of aromatic carboxylic acids is 1. The number of anilines is 2. The molecular formula is C20H22N6O4. The van der Waals surface area contributed by atoms with Gasteiger partial charge in [-0.05, 0) is 30.2 Å². The van der Waals surface area contributed by atoms with Crippen LogP contribution in [0.3, 0.4) is 0 Å². The number of benzene rings is 1. The fourth-order valence-electron chi connectivity index (χ4n) is 2.75. The quantitative estimate of drug-likeness (QED) is 0.537. The monoisotopic (exact) mass is 410 g/mol. The van der Waals surface area contributed by atoms with E-state index in [1.165, 1.54) is 30.2 Å². The van der Waals surface area contributed by atoms with E-state index < -0.39 is 11.5 Å². The van der Waals surface area contributed by atoms with Gasteiger partial charge in [-0.15, -0.1) is 0 Å². The molecule has 0 atom stereocenters. The van der Waals surface area contributed by atoms with Gasteiger partial charge in [-0.25, -0.2) is 14.8 Å². The van der Waals surface area contributed by atoms with Crippen LogP contribution < -0.4 is 15.8 Å². The predicted octanol–water partition coefficient (Wildman–Crippen LogP) is 2.03. The van der Waals surface area contributed by atoms with Gasteiger partial charge < -0.3 is 15.3 Å². The number of H-pyrrole nitrogens is 1. The molecule has 1 aromatic carbocycles. The number of carboxylic acid groups (broad SMARTS) is 1. The zero-order chi connectivity index (χ0) is 21.8. The number of amides is 1. The molecule has 0 bridgehead atoms. The molecule has 1 amide bonds. The van der Waals surface area contributed by atoms with E-state index in [2.05, 4.69) is 25.3 Å². The molecule has 3 rings (SSSR count). The number of carbonyl (C=O) groups excluding carboxylic acids is 1. The average Bonchev–Trinajstić information content (AvgIpc) is 2.70. The van der Waals surface area contributed by atoms with Crippen molar-refractivity contribution < 1.29 is 14.7 Å². The Morgan fingerprint density at radius 3 is 2.50 bits per heavy atom. The van der Waals surface area contributed by atoms with Gasteiger partial charge in [0.05, 0.1) is 24.0 Å². The molecule has 3 aromatic rings. The minimum Gasteiger partial charge on any atom is -0.478 e. The summed E-state index contributed by atoms with van der Waals surface area (Å²) < 4.78 is 0. The van der Waals surface area contributed by atoms with E-state index in [-0.39, 0.29) is 29.2 Å². The maximum absolute atomic E-state index is 12.4. The molecule has 0 aliphatic rings. The normalized spacial score (nSPS) is 10.9. The van der Waals surface area contributed by atoms with Crippen molar-refractivity contribution in [3.8, 4) is 0 Å². The third kappa shape index (κ3) is 4.77. The van der Waals surface area contributed by atoms with Gasteiger partial charge in [0, 0.05) is 19.2 Å². The molecular weight excluding hydrogens is 388 g/mol. The Hall–Kier alpha value is -3.82. The van der Waals surface area contributed by atoms with Crippen molar-refractivity contribution in [3.05, 3.63) is 52.1 Å². The molecule has 3 N–H and O–H groups in total. The first kappa shape index (κ1) is 20.9. The molecule has 10 heteroatoms. The number of hydrogen-bond donors (Lipinski definition) is 3. The van der Waals surface area contributed by atoms with Crippen molar-refractivity contribution in [1.82, 2.24) is 19.9 Å². The minimum atomic E-state index is -1.05. The van der Waals surface area contributed by atoms with Crippen molar-refractivity contribution in [1.29, 1.82) is 0 Å². The molecule has 0 unspecified atom stereocenters. The molecule has 30 heavy (non-hydrogen) atoms. The van der Waals surface area contributed by atoms with Gasteiger partial charge in [-0.3, -0.25) is 14.6 Å². The summed E-state index contributed by atoms with van der Waals surface area (Å²) in [5.74, 6) is -0.612. The van der Waals surface area contributed by atoms with E-state index in [1.807, 2.05) is 13.8 Å². The van der Waals surface area contributed by atoms with E-state index in [4.69, 9.17) is 5.11 Å². The molecule has 10 nitrogen and oxygen atoms in total. The van der Waals surface area contributed by atoms with E-state index in [9.17, 15) is 14.4 Å². The van der Waals surface area contributed by atoms with Crippen LogP contribution in [0.4, 0.5) is 11.6 Å². The number of fused-ring (bicyclic) bond motifs is 1. The van der Waals surface area contributed by atoms with E-state index in [0.29, 0.717) is 29.8 Å². The van der Waals surface area contributed by atoms with Crippen molar-refractivity contribution in [2.24, 2.45) is 5.92 Å². The maximum Gasteiger partial charge on any atom is 0.335 e. The molecule has 0 spiro atoms. The number of carboxylic acids is 1. The van der Waals surface area contributed by atoms with Crippen molar-refractivity contribution in [2.45, 2.75) is 27.3 Å². The van der Waals surface area contributed by atoms with Gasteiger partial charge in [0.2, 0.25) is 11.9 Å². The van der Waals surface area contributed by atoms with Crippen molar-refractivity contribution in [2.75, 3.05) is 16.8 Å². The summed E-state index contributed by atoms with van der Waals surface area (Å²) in [5, 5.41) is 12.1. The van der Waals surface area contributed by atoms with Crippen LogP contribution in [0.25, 0.3) is 11.2 Å². The summed E-state index contributed by atoms with van der Waals surface area (Å²) in [7, 11) is 0. The number of carbonyl (C=O) groups is 2. The number of hydrogen-bond acceptors (Lipinski definition) is 7. The molecule has 0 aliphatic carbocycles. The molecule has 0 saturated carbocycles. The topological polar surface area (TPSA) is 141 Å². The van der Waals surface area contributed by atoms with Crippen LogP contribution in [-0.4, -0.2) is 43.5 Å². The molecule has 2 heterocycles. The second-order valence-corrected chi connectivity index (χ2v) is 7.18. The fraction of sp³-hybridized carbons (Fsp3) is 0.300. The van der Waals surface area contributed by atoms with Gasteiger partial charge in [0.15, 0.2) is 11.2 Å². The standard InChI is InChI=1S/C20H22N6O4/c1-11(2)8-22-20-24-17-16(18(28)25-20)23-14(9-21-17)10-26(12(3)27)15-6-4-13(5-7-15)19(29)30/h4-7,9,11H,8,10H2,1-3H3,(H,29,30)(H2,21,22,24,25,28). The number of aromatic amines is 1. The second kappa shape index (κ2) is 8.68. The Balaban J connectivity index is 1.88. The van der Waals surface area contributed by atoms with E-state index in [0.717, 1.165) is 0 Å². The zero-order valence-corrected chi connectivity index (χ0v) is 16.8. The highest BCUT2D eigenvalue weighted by Crippen LogP contribution is 2.18. The molecule has 0 fully saturated rings. The summed E-state index contributed by atoms with van der Waals surface area (Å²) in [5.41, 5.74) is 0.874. The molecule has 0 aliphatic heterocycles. The Morgan fingerprint density at radius 1 is 1.20 bits per heavy atom. The van der Waals surface area contributed by atoms with E-state index >= 15 is 0 Å². The molecule has 156 valence electrons. The van der Waals surface area contributed by atoms with Crippen molar-refractivity contribution >= 4 is 34.7 Å². The van der Waals surface area contributed by atoms with Crippen LogP contribution in [0.15, 0.2) is 35.3 Å². The SMILES string of the molecule is CC(=O)N(Cc1cnc2nc(NCC(C)C)[nH]c(=O)c2n1)c1ccc(C(=O)O)cc1. The van der Waals surface area contributed by atoms with Crippen molar-refractivity contribution in [3.63, 3.8) is 0 Å². The predicted molar refractivity (Wildman–Crippen MR) is 112 cm³/mol. The highest BCUT2D eigenvalue weighted by atomic mass is 16.4. The Kier molecular flexibility index (Phi) is 6.05. The Bertz CT molecular complexity index is 1140. The van der Waals surface area contributed by atoms with Crippen LogP contribution in [0.1, 0.15) is 36.8 Å². The van der Waals surface area contributed by atoms with Gasteiger partial charge in [-0.2, -0.15) is 4.98 Å². The fourth-order valence-corrected chi connectivity index (χ4v) is 2.75. The average molecular weight is 410 g/mol. The van der Waals surface area contributed by atoms with Crippen LogP contribution in [0, 0.1) is 5.92 Å². The number of rotatable bonds is 7.